The van der Waals surface area contributed by atoms with E-state index in [1.165, 1.54) is 0 Å². The van der Waals surface area contributed by atoms with E-state index in [1.807, 2.05) is 12.1 Å². The maximum atomic E-state index is 14.1. The lowest BCUT2D eigenvalue weighted by atomic mass is 10.1. The number of alkyl halides is 6. The predicted octanol–water partition coefficient (Wildman–Crippen LogP) is 4.40. The number of hydrogen-bond acceptors (Lipinski definition) is 5. The van der Waals surface area contributed by atoms with E-state index >= 15 is 0 Å². The van der Waals surface area contributed by atoms with Crippen molar-refractivity contribution in [3.8, 4) is 17.1 Å². The van der Waals surface area contributed by atoms with E-state index in [9.17, 15) is 30.7 Å². The first kappa shape index (κ1) is 28.1. The van der Waals surface area contributed by atoms with Gasteiger partial charge in [-0.1, -0.05) is 12.1 Å². The third-order valence-corrected chi connectivity index (χ3v) is 4.10. The molecule has 2 heterocycles. The van der Waals surface area contributed by atoms with E-state index in [-0.39, 0.29) is 5.82 Å². The van der Waals surface area contributed by atoms with Gasteiger partial charge in [-0.15, -0.1) is 0 Å². The Morgan fingerprint density at radius 1 is 1.00 bits per heavy atom. The minimum atomic E-state index is -5.08. The van der Waals surface area contributed by atoms with Crippen molar-refractivity contribution in [2.45, 2.75) is 18.9 Å². The summed E-state index contributed by atoms with van der Waals surface area (Å²) in [6, 6.07) is 8.92. The van der Waals surface area contributed by atoms with Crippen LogP contribution in [-0.2, 0) is 16.1 Å². The fourth-order valence-electron chi connectivity index (χ4n) is 2.02. The van der Waals surface area contributed by atoms with Gasteiger partial charge in [0, 0.05) is 24.2 Å². The predicted molar refractivity (Wildman–Crippen MR) is 102 cm³/mol. The molecule has 182 valence electrons. The van der Waals surface area contributed by atoms with E-state index in [4.69, 9.17) is 24.5 Å². The van der Waals surface area contributed by atoms with Gasteiger partial charge in [0.15, 0.2) is 0 Å². The Labute approximate surface area is 189 Å². The Kier molecular flexibility index (Phi) is 10.0. The Hall–Kier alpha value is -2.94. The number of rotatable bonds is 1. The van der Waals surface area contributed by atoms with Crippen molar-refractivity contribution >= 4 is 27.9 Å². The van der Waals surface area contributed by atoms with Gasteiger partial charge < -0.3 is 20.3 Å². The van der Waals surface area contributed by atoms with E-state index in [0.29, 0.717) is 28.2 Å². The average molecular weight is 551 g/mol. The SMILES string of the molecule is Fc1c(Br)cccc1-c1ccc2c(n1)OCCNC2.O=C(O)C(F)(F)F.O=C(O)C(F)(F)F. The average Bonchev–Trinajstić information content (AvgIpc) is 2.94. The summed E-state index contributed by atoms with van der Waals surface area (Å²) in [6.45, 7) is 2.09. The summed E-state index contributed by atoms with van der Waals surface area (Å²) in [5.41, 5.74) is 2.05. The smallest absolute Gasteiger partial charge is 0.476 e. The molecule has 1 aromatic carbocycles. The van der Waals surface area contributed by atoms with Gasteiger partial charge in [-0.2, -0.15) is 26.3 Å². The standard InChI is InChI=1S/C14H12BrFN2O.2C2HF3O2/c15-11-3-1-2-10(13(11)16)12-5-4-9-8-17-6-7-19-14(9)18-12;2*3-2(4,5)1(6)7/h1-5,17H,6-8H2;2*(H,6,7). The first-order valence-corrected chi connectivity index (χ1v) is 9.32. The molecular formula is C18H14BrF7N2O5. The summed E-state index contributed by atoms with van der Waals surface area (Å²) in [7, 11) is 0. The highest BCUT2D eigenvalue weighted by Crippen LogP contribution is 2.29. The zero-order valence-corrected chi connectivity index (χ0v) is 17.7. The van der Waals surface area contributed by atoms with Crippen LogP contribution in [0.2, 0.25) is 0 Å². The number of fused-ring (bicyclic) bond motifs is 1. The van der Waals surface area contributed by atoms with Crippen LogP contribution in [0.3, 0.4) is 0 Å². The van der Waals surface area contributed by atoms with E-state index < -0.39 is 24.3 Å². The molecule has 0 saturated carbocycles. The molecule has 0 amide bonds. The lowest BCUT2D eigenvalue weighted by Crippen LogP contribution is -2.21. The highest BCUT2D eigenvalue weighted by atomic mass is 79.9. The van der Waals surface area contributed by atoms with E-state index in [2.05, 4.69) is 26.2 Å². The molecule has 2 aromatic rings. The molecule has 15 heteroatoms. The molecule has 0 fully saturated rings. The summed E-state index contributed by atoms with van der Waals surface area (Å²) in [5.74, 6) is -5.23. The van der Waals surface area contributed by atoms with Crippen LogP contribution in [0.15, 0.2) is 34.8 Å². The molecule has 3 N–H and O–H groups in total. The molecule has 0 unspecified atom stereocenters. The van der Waals surface area contributed by atoms with Crippen LogP contribution in [-0.4, -0.2) is 52.6 Å². The fourth-order valence-corrected chi connectivity index (χ4v) is 2.39. The number of aliphatic carboxylic acids is 2. The maximum Gasteiger partial charge on any atom is 0.490 e. The molecule has 1 aromatic heterocycles. The van der Waals surface area contributed by atoms with Crippen molar-refractivity contribution in [2.75, 3.05) is 13.2 Å². The summed E-state index contributed by atoms with van der Waals surface area (Å²) < 4.78 is 83.5. The van der Waals surface area contributed by atoms with Crippen molar-refractivity contribution in [3.05, 3.63) is 46.2 Å². The number of hydrogen-bond donors (Lipinski definition) is 3. The minimum Gasteiger partial charge on any atom is -0.476 e. The molecule has 0 bridgehead atoms. The van der Waals surface area contributed by atoms with Gasteiger partial charge >= 0.3 is 24.3 Å². The number of pyridine rings is 1. The molecule has 1 aliphatic heterocycles. The molecule has 0 radical (unpaired) electrons. The van der Waals surface area contributed by atoms with Crippen LogP contribution in [0.1, 0.15) is 5.56 Å². The van der Waals surface area contributed by atoms with Crippen molar-refractivity contribution in [1.82, 2.24) is 10.3 Å². The second-order valence-electron chi connectivity index (χ2n) is 5.89. The van der Waals surface area contributed by atoms with Gasteiger partial charge in [-0.05, 0) is 34.1 Å². The Morgan fingerprint density at radius 3 is 2.06 bits per heavy atom. The number of ether oxygens (including phenoxy) is 1. The first-order valence-electron chi connectivity index (χ1n) is 8.52. The number of benzene rings is 1. The monoisotopic (exact) mass is 550 g/mol. The van der Waals surface area contributed by atoms with Gasteiger partial charge in [-0.25, -0.2) is 19.0 Å². The third kappa shape index (κ3) is 9.21. The number of halogens is 8. The molecule has 3 rings (SSSR count). The molecular weight excluding hydrogens is 537 g/mol. The van der Waals surface area contributed by atoms with Gasteiger partial charge in [-0.3, -0.25) is 0 Å². The number of carboxylic acids is 2. The minimum absolute atomic E-state index is 0.304. The van der Waals surface area contributed by atoms with Crippen LogP contribution < -0.4 is 10.1 Å². The van der Waals surface area contributed by atoms with Gasteiger partial charge in [0.25, 0.3) is 0 Å². The Bertz CT molecular complexity index is 960. The van der Waals surface area contributed by atoms with Crippen molar-refractivity contribution in [2.24, 2.45) is 0 Å². The van der Waals surface area contributed by atoms with E-state index in [0.717, 1.165) is 18.7 Å². The second-order valence-corrected chi connectivity index (χ2v) is 6.75. The first-order chi connectivity index (χ1) is 15.1. The molecule has 0 aliphatic carbocycles. The molecule has 0 spiro atoms. The highest BCUT2D eigenvalue weighted by Gasteiger charge is 2.38. The lowest BCUT2D eigenvalue weighted by Gasteiger charge is -2.09. The van der Waals surface area contributed by atoms with E-state index in [1.54, 1.807) is 18.2 Å². The molecule has 0 atom stereocenters. The zero-order valence-electron chi connectivity index (χ0n) is 16.1. The zero-order chi connectivity index (χ0) is 25.4. The molecule has 33 heavy (non-hydrogen) atoms. The number of carbonyl (C=O) groups is 2. The van der Waals surface area contributed by atoms with Crippen molar-refractivity contribution in [3.63, 3.8) is 0 Å². The fraction of sp³-hybridized carbons (Fsp3) is 0.278. The Morgan fingerprint density at radius 2 is 1.55 bits per heavy atom. The van der Waals surface area contributed by atoms with Gasteiger partial charge in [0.1, 0.15) is 12.4 Å². The number of nitrogens with zero attached hydrogens (tertiary/aromatic N) is 1. The van der Waals surface area contributed by atoms with Gasteiger partial charge in [0.2, 0.25) is 5.88 Å². The largest absolute Gasteiger partial charge is 0.490 e. The number of carboxylic acid groups (broad SMARTS) is 2. The lowest BCUT2D eigenvalue weighted by molar-refractivity contribution is -0.193. The maximum absolute atomic E-state index is 14.1. The molecule has 1 aliphatic rings. The number of nitrogens with one attached hydrogen (secondary N) is 1. The quantitative estimate of drug-likeness (QED) is 0.451. The summed E-state index contributed by atoms with van der Waals surface area (Å²) in [6.07, 6.45) is -10.2. The van der Waals surface area contributed by atoms with Gasteiger partial charge in [0.05, 0.1) is 10.2 Å². The van der Waals surface area contributed by atoms with Crippen LogP contribution in [0, 0.1) is 5.82 Å². The third-order valence-electron chi connectivity index (χ3n) is 3.48. The molecule has 0 saturated heterocycles. The topological polar surface area (TPSA) is 109 Å². The summed E-state index contributed by atoms with van der Waals surface area (Å²) in [4.78, 5) is 22.2. The summed E-state index contributed by atoms with van der Waals surface area (Å²) in [5, 5.41) is 17.5. The normalized spacial score (nSPS) is 13.1. The number of aromatic nitrogens is 1. The van der Waals surface area contributed by atoms with Crippen LogP contribution >= 0.6 is 15.9 Å². The van der Waals surface area contributed by atoms with Crippen molar-refractivity contribution in [1.29, 1.82) is 0 Å². The summed E-state index contributed by atoms with van der Waals surface area (Å²) >= 11 is 3.19. The van der Waals surface area contributed by atoms with Crippen LogP contribution in [0.5, 0.6) is 5.88 Å². The van der Waals surface area contributed by atoms with Crippen molar-refractivity contribution < 1.29 is 55.3 Å². The highest BCUT2D eigenvalue weighted by molar-refractivity contribution is 9.10. The Balaban J connectivity index is 0.000000324. The molecule has 7 nitrogen and oxygen atoms in total. The second kappa shape index (κ2) is 11.8. The van der Waals surface area contributed by atoms with Crippen LogP contribution in [0.25, 0.3) is 11.3 Å². The van der Waals surface area contributed by atoms with Crippen LogP contribution in [0.4, 0.5) is 30.7 Å².